The molecule has 0 aliphatic rings. The summed E-state index contributed by atoms with van der Waals surface area (Å²) in [5.41, 5.74) is 0.211. The maximum Gasteiger partial charge on any atom is 0.236 e. The van der Waals surface area contributed by atoms with E-state index < -0.39 is 5.82 Å². The van der Waals surface area contributed by atoms with E-state index in [1.54, 1.807) is 6.07 Å². The van der Waals surface area contributed by atoms with Gasteiger partial charge in [-0.15, -0.1) is 0 Å². The van der Waals surface area contributed by atoms with Gasteiger partial charge in [-0.05, 0) is 12.1 Å². The van der Waals surface area contributed by atoms with Crippen molar-refractivity contribution in [3.63, 3.8) is 0 Å². The van der Waals surface area contributed by atoms with Crippen molar-refractivity contribution in [3.8, 4) is 0 Å². The fourth-order valence-corrected chi connectivity index (χ4v) is 1.58. The Morgan fingerprint density at radius 2 is 2.31 bits per heavy atom. The molecule has 2 rings (SSSR count). The molecule has 0 saturated heterocycles. The summed E-state index contributed by atoms with van der Waals surface area (Å²) < 4.78 is 14.7. The first-order valence-corrected chi connectivity index (χ1v) is 5.00. The van der Waals surface area contributed by atoms with Gasteiger partial charge in [-0.2, -0.15) is 0 Å². The summed E-state index contributed by atoms with van der Waals surface area (Å²) in [6, 6.07) is 4.34. The summed E-state index contributed by atoms with van der Waals surface area (Å²) >= 11 is 5.82. The summed E-state index contributed by atoms with van der Waals surface area (Å²) in [6.45, 7) is 0. The molecule has 0 saturated carbocycles. The number of nitrogens with zero attached hydrogens (tertiary/aromatic N) is 2. The average molecular weight is 239 g/mol. The van der Waals surface area contributed by atoms with E-state index in [0.29, 0.717) is 0 Å². The van der Waals surface area contributed by atoms with Gasteiger partial charge >= 0.3 is 0 Å². The number of carbonyl (C=O) groups excluding carboxylic acids is 1. The van der Waals surface area contributed by atoms with E-state index in [4.69, 9.17) is 11.6 Å². The molecule has 3 nitrogen and oxygen atoms in total. The van der Waals surface area contributed by atoms with Crippen molar-refractivity contribution in [3.05, 3.63) is 53.3 Å². The Hall–Kier alpha value is -1.68. The highest BCUT2D eigenvalue weighted by molar-refractivity contribution is 6.31. The Labute approximate surface area is 96.5 Å². The molecule has 1 aromatic heterocycles. The van der Waals surface area contributed by atoms with Crippen LogP contribution in [0.4, 0.5) is 4.39 Å². The fraction of sp³-hybridized carbons (Fsp3) is 0.0909. The molecule has 0 atom stereocenters. The van der Waals surface area contributed by atoms with Gasteiger partial charge in [-0.25, -0.2) is 9.37 Å². The number of hydrogen-bond donors (Lipinski definition) is 0. The molecule has 0 aliphatic heterocycles. The van der Waals surface area contributed by atoms with Crippen LogP contribution in [-0.2, 0) is 6.42 Å². The van der Waals surface area contributed by atoms with Gasteiger partial charge in [0, 0.05) is 23.0 Å². The molecule has 0 fully saturated rings. The van der Waals surface area contributed by atoms with Crippen LogP contribution >= 0.6 is 11.6 Å². The van der Waals surface area contributed by atoms with Gasteiger partial charge in [0.15, 0.2) is 0 Å². The van der Waals surface area contributed by atoms with Crippen LogP contribution in [0.2, 0.25) is 5.02 Å². The highest BCUT2D eigenvalue weighted by Gasteiger charge is 2.12. The smallest absolute Gasteiger partial charge is 0.236 e. The largest absolute Gasteiger partial charge is 0.276 e. The molecule has 0 radical (unpaired) electrons. The Morgan fingerprint density at radius 3 is 2.94 bits per heavy atom. The lowest BCUT2D eigenvalue weighted by molar-refractivity contribution is 0.0912. The maximum atomic E-state index is 13.4. The Kier molecular flexibility index (Phi) is 3.01. The Morgan fingerprint density at radius 1 is 1.50 bits per heavy atom. The molecule has 0 bridgehead atoms. The Balaban J connectivity index is 2.25. The van der Waals surface area contributed by atoms with E-state index in [1.807, 2.05) is 0 Å². The number of hydrogen-bond acceptors (Lipinski definition) is 2. The molecule has 0 amide bonds. The van der Waals surface area contributed by atoms with E-state index in [-0.39, 0.29) is 22.9 Å². The molecule has 0 spiro atoms. The summed E-state index contributed by atoms with van der Waals surface area (Å²) in [5.74, 6) is -0.745. The van der Waals surface area contributed by atoms with Crippen molar-refractivity contribution in [2.75, 3.05) is 0 Å². The van der Waals surface area contributed by atoms with Gasteiger partial charge in [-0.3, -0.25) is 9.36 Å². The molecule has 2 aromatic rings. The van der Waals surface area contributed by atoms with Crippen LogP contribution in [0.1, 0.15) is 10.4 Å². The molecule has 82 valence electrons. The average Bonchev–Trinajstić information content (AvgIpc) is 2.76. The second-order valence-corrected chi connectivity index (χ2v) is 3.65. The number of benzene rings is 1. The number of rotatable bonds is 2. The van der Waals surface area contributed by atoms with Crippen LogP contribution in [-0.4, -0.2) is 15.5 Å². The van der Waals surface area contributed by atoms with Gasteiger partial charge < -0.3 is 0 Å². The molecule has 16 heavy (non-hydrogen) atoms. The number of carbonyl (C=O) groups is 1. The van der Waals surface area contributed by atoms with E-state index in [2.05, 4.69) is 4.98 Å². The zero-order valence-corrected chi connectivity index (χ0v) is 8.99. The van der Waals surface area contributed by atoms with Crippen molar-refractivity contribution in [2.45, 2.75) is 6.42 Å². The van der Waals surface area contributed by atoms with Gasteiger partial charge in [0.1, 0.15) is 12.1 Å². The normalized spacial score (nSPS) is 10.4. The van der Waals surface area contributed by atoms with Crippen molar-refractivity contribution >= 4 is 17.5 Å². The minimum Gasteiger partial charge on any atom is -0.276 e. The van der Waals surface area contributed by atoms with E-state index >= 15 is 0 Å². The van der Waals surface area contributed by atoms with Crippen LogP contribution in [0.5, 0.6) is 0 Å². The number of imidazole rings is 1. The molecule has 1 aromatic carbocycles. The molecule has 0 N–H and O–H groups in total. The van der Waals surface area contributed by atoms with Crippen molar-refractivity contribution in [1.29, 1.82) is 0 Å². The highest BCUT2D eigenvalue weighted by atomic mass is 35.5. The van der Waals surface area contributed by atoms with E-state index in [0.717, 1.165) is 0 Å². The first-order chi connectivity index (χ1) is 7.68. The van der Waals surface area contributed by atoms with Crippen LogP contribution in [0.25, 0.3) is 0 Å². The third-order valence-corrected chi connectivity index (χ3v) is 2.54. The SMILES string of the molecule is O=C(Cc1c(F)cccc1Cl)n1ccnc1. The van der Waals surface area contributed by atoms with Crippen LogP contribution in [0.3, 0.4) is 0 Å². The fourth-order valence-electron chi connectivity index (χ4n) is 1.35. The predicted octanol–water partition coefficient (Wildman–Crippen LogP) is 2.56. The molecular weight excluding hydrogens is 231 g/mol. The van der Waals surface area contributed by atoms with Crippen molar-refractivity contribution in [2.24, 2.45) is 0 Å². The van der Waals surface area contributed by atoms with Crippen molar-refractivity contribution in [1.82, 2.24) is 9.55 Å². The zero-order chi connectivity index (χ0) is 11.5. The predicted molar refractivity (Wildman–Crippen MR) is 58.0 cm³/mol. The van der Waals surface area contributed by atoms with Crippen LogP contribution < -0.4 is 0 Å². The molecule has 0 aliphatic carbocycles. The standard InChI is InChI=1S/C11H8ClFN2O/c12-9-2-1-3-10(13)8(9)6-11(16)15-5-4-14-7-15/h1-5,7H,6H2. The topological polar surface area (TPSA) is 34.9 Å². The molecule has 1 heterocycles. The molecular formula is C11H8ClFN2O. The summed E-state index contributed by atoms with van der Waals surface area (Å²) in [5, 5.41) is 0.258. The molecule has 5 heteroatoms. The van der Waals surface area contributed by atoms with Gasteiger partial charge in [0.2, 0.25) is 5.91 Å². The second-order valence-electron chi connectivity index (χ2n) is 3.24. The Bertz CT molecular complexity index is 490. The summed E-state index contributed by atoms with van der Waals surface area (Å²) in [6.07, 6.45) is 4.29. The van der Waals surface area contributed by atoms with E-state index in [1.165, 1.54) is 35.4 Å². The maximum absolute atomic E-state index is 13.4. The van der Waals surface area contributed by atoms with Crippen LogP contribution in [0, 0.1) is 5.82 Å². The highest BCUT2D eigenvalue weighted by Crippen LogP contribution is 2.19. The number of aromatic nitrogens is 2. The minimum atomic E-state index is -0.471. The first-order valence-electron chi connectivity index (χ1n) is 4.62. The molecule has 0 unspecified atom stereocenters. The lowest BCUT2D eigenvalue weighted by atomic mass is 10.1. The first kappa shape index (κ1) is 10.8. The van der Waals surface area contributed by atoms with Gasteiger partial charge in [0.05, 0.1) is 6.42 Å². The van der Waals surface area contributed by atoms with Crippen molar-refractivity contribution < 1.29 is 9.18 Å². The summed E-state index contributed by atoms with van der Waals surface area (Å²) in [7, 11) is 0. The number of halogens is 2. The lowest BCUT2D eigenvalue weighted by Crippen LogP contribution is -2.12. The third kappa shape index (κ3) is 2.12. The second kappa shape index (κ2) is 4.45. The monoisotopic (exact) mass is 238 g/mol. The lowest BCUT2D eigenvalue weighted by Gasteiger charge is -2.05. The summed E-state index contributed by atoms with van der Waals surface area (Å²) in [4.78, 5) is 15.4. The van der Waals surface area contributed by atoms with Crippen LogP contribution in [0.15, 0.2) is 36.9 Å². The van der Waals surface area contributed by atoms with E-state index in [9.17, 15) is 9.18 Å². The third-order valence-electron chi connectivity index (χ3n) is 2.18. The van der Waals surface area contributed by atoms with Gasteiger partial charge in [-0.1, -0.05) is 17.7 Å². The zero-order valence-electron chi connectivity index (χ0n) is 8.23. The minimum absolute atomic E-state index is 0.0815. The quantitative estimate of drug-likeness (QED) is 0.806. The van der Waals surface area contributed by atoms with Gasteiger partial charge in [0.25, 0.3) is 0 Å².